The van der Waals surface area contributed by atoms with Crippen LogP contribution in [0.2, 0.25) is 5.02 Å². The molecular weight excluding hydrogens is 476 g/mol. The molecule has 0 saturated carbocycles. The molecule has 1 atom stereocenters. The normalized spacial score (nSPS) is 15.8. The third-order valence-electron chi connectivity index (χ3n) is 6.18. The first-order chi connectivity index (χ1) is 17.3. The van der Waals surface area contributed by atoms with Crippen LogP contribution in [0.25, 0.3) is 0 Å². The van der Waals surface area contributed by atoms with Crippen molar-refractivity contribution in [2.45, 2.75) is 39.0 Å². The zero-order valence-corrected chi connectivity index (χ0v) is 21.5. The maximum atomic E-state index is 13.4. The number of aromatic nitrogens is 1. The van der Waals surface area contributed by atoms with Crippen LogP contribution in [0, 0.1) is 0 Å². The first kappa shape index (κ1) is 25.7. The van der Waals surface area contributed by atoms with Gasteiger partial charge < -0.3 is 15.0 Å². The van der Waals surface area contributed by atoms with Crippen molar-refractivity contribution in [2.24, 2.45) is 0 Å². The van der Waals surface area contributed by atoms with Gasteiger partial charge >= 0.3 is 0 Å². The molecule has 36 heavy (non-hydrogen) atoms. The monoisotopic (exact) mass is 506 g/mol. The standard InChI is InChI=1S/C28H31ClN4O3/c1-19(2)33-16-13-23(18-32(3)17-20-7-9-22(29)10-8-20)36-26-24(28(33)35)5-4-6-25(26)31-27(34)21-11-14-30-15-12-21/h4-12,14-15,19,23H,13,16-18H2,1-3H3,(H,31,34)/t23-/m0/s1. The van der Waals surface area contributed by atoms with E-state index in [0.717, 1.165) is 12.1 Å². The van der Waals surface area contributed by atoms with Crippen LogP contribution in [0.1, 0.15) is 46.5 Å². The van der Waals surface area contributed by atoms with Gasteiger partial charge in [0.25, 0.3) is 11.8 Å². The van der Waals surface area contributed by atoms with Crippen LogP contribution in [0.4, 0.5) is 5.69 Å². The van der Waals surface area contributed by atoms with Crippen molar-refractivity contribution in [3.8, 4) is 5.75 Å². The van der Waals surface area contributed by atoms with Crippen LogP contribution < -0.4 is 10.1 Å². The molecule has 0 bridgehead atoms. The van der Waals surface area contributed by atoms with Crippen molar-refractivity contribution in [3.63, 3.8) is 0 Å². The van der Waals surface area contributed by atoms with E-state index in [1.807, 2.05) is 50.1 Å². The highest BCUT2D eigenvalue weighted by molar-refractivity contribution is 6.30. The minimum atomic E-state index is -0.291. The van der Waals surface area contributed by atoms with Crippen molar-refractivity contribution in [3.05, 3.63) is 88.7 Å². The Morgan fingerprint density at radius 1 is 1.17 bits per heavy atom. The Hall–Kier alpha value is -3.42. The van der Waals surface area contributed by atoms with E-state index in [-0.39, 0.29) is 24.0 Å². The molecule has 0 unspecified atom stereocenters. The van der Waals surface area contributed by atoms with Crippen LogP contribution in [0.15, 0.2) is 67.0 Å². The van der Waals surface area contributed by atoms with E-state index < -0.39 is 0 Å². The van der Waals surface area contributed by atoms with Crippen LogP contribution in [-0.4, -0.2) is 58.9 Å². The number of anilines is 1. The second kappa shape index (κ2) is 11.5. The molecular formula is C28H31ClN4O3. The van der Waals surface area contributed by atoms with E-state index in [4.69, 9.17) is 16.3 Å². The minimum absolute atomic E-state index is 0.0333. The number of hydrogen-bond acceptors (Lipinski definition) is 5. The summed E-state index contributed by atoms with van der Waals surface area (Å²) in [6.07, 6.45) is 3.62. The summed E-state index contributed by atoms with van der Waals surface area (Å²) in [6, 6.07) is 16.4. The smallest absolute Gasteiger partial charge is 0.257 e. The second-order valence-electron chi connectivity index (χ2n) is 9.32. The predicted molar refractivity (Wildman–Crippen MR) is 142 cm³/mol. The van der Waals surface area contributed by atoms with Gasteiger partial charge in [-0.15, -0.1) is 0 Å². The number of halogens is 1. The van der Waals surface area contributed by atoms with Gasteiger partial charge in [-0.2, -0.15) is 0 Å². The quantitative estimate of drug-likeness (QED) is 0.481. The molecule has 188 valence electrons. The average molecular weight is 507 g/mol. The number of nitrogens with one attached hydrogen (secondary N) is 1. The third kappa shape index (κ3) is 6.22. The molecule has 4 rings (SSSR count). The summed E-state index contributed by atoms with van der Waals surface area (Å²) < 4.78 is 6.49. The van der Waals surface area contributed by atoms with Gasteiger partial charge in [-0.25, -0.2) is 0 Å². The molecule has 1 N–H and O–H groups in total. The largest absolute Gasteiger partial charge is 0.486 e. The number of benzene rings is 2. The number of fused-ring (bicyclic) bond motifs is 1. The van der Waals surface area contributed by atoms with Crippen LogP contribution >= 0.6 is 11.6 Å². The van der Waals surface area contributed by atoms with Crippen molar-refractivity contribution < 1.29 is 14.3 Å². The molecule has 1 aliphatic heterocycles. The van der Waals surface area contributed by atoms with Gasteiger partial charge in [0, 0.05) is 55.1 Å². The van der Waals surface area contributed by atoms with E-state index in [9.17, 15) is 9.59 Å². The number of likely N-dealkylation sites (N-methyl/N-ethyl adjacent to an activating group) is 1. The number of amides is 2. The van der Waals surface area contributed by atoms with Crippen molar-refractivity contribution in [2.75, 3.05) is 25.5 Å². The van der Waals surface area contributed by atoms with E-state index in [1.54, 1.807) is 42.7 Å². The third-order valence-corrected chi connectivity index (χ3v) is 6.43. The average Bonchev–Trinajstić information content (AvgIpc) is 2.85. The lowest BCUT2D eigenvalue weighted by molar-refractivity contribution is 0.0595. The molecule has 0 spiro atoms. The lowest BCUT2D eigenvalue weighted by Crippen LogP contribution is -2.44. The molecule has 0 aliphatic carbocycles. The molecule has 2 heterocycles. The summed E-state index contributed by atoms with van der Waals surface area (Å²) in [5, 5.41) is 3.64. The lowest BCUT2D eigenvalue weighted by Gasteiger charge is -2.34. The number of carbonyl (C=O) groups excluding carboxylic acids is 2. The topological polar surface area (TPSA) is 74.8 Å². The highest BCUT2D eigenvalue weighted by atomic mass is 35.5. The Morgan fingerprint density at radius 3 is 2.58 bits per heavy atom. The number of para-hydroxylation sites is 1. The maximum Gasteiger partial charge on any atom is 0.257 e. The van der Waals surface area contributed by atoms with Gasteiger partial charge in [-0.1, -0.05) is 29.8 Å². The lowest BCUT2D eigenvalue weighted by atomic mass is 10.1. The fraction of sp³-hybridized carbons (Fsp3) is 0.321. The fourth-order valence-corrected chi connectivity index (χ4v) is 4.45. The zero-order valence-electron chi connectivity index (χ0n) is 20.8. The van der Waals surface area contributed by atoms with E-state index in [2.05, 4.69) is 15.2 Å². The van der Waals surface area contributed by atoms with E-state index in [0.29, 0.717) is 47.1 Å². The van der Waals surface area contributed by atoms with Crippen LogP contribution in [-0.2, 0) is 6.54 Å². The number of hydrogen-bond donors (Lipinski definition) is 1. The Labute approximate surface area is 217 Å². The van der Waals surface area contributed by atoms with E-state index in [1.165, 1.54) is 0 Å². The first-order valence-electron chi connectivity index (χ1n) is 12.1. The molecule has 8 heteroatoms. The van der Waals surface area contributed by atoms with Crippen molar-refractivity contribution >= 4 is 29.1 Å². The van der Waals surface area contributed by atoms with Gasteiger partial charge in [-0.05, 0) is 62.9 Å². The molecule has 7 nitrogen and oxygen atoms in total. The maximum absolute atomic E-state index is 13.4. The molecule has 2 aromatic carbocycles. The number of nitrogens with zero attached hydrogens (tertiary/aromatic N) is 3. The van der Waals surface area contributed by atoms with Gasteiger partial charge in [0.05, 0.1) is 11.3 Å². The number of rotatable bonds is 7. The molecule has 0 saturated heterocycles. The number of ether oxygens (including phenoxy) is 1. The summed E-state index contributed by atoms with van der Waals surface area (Å²) in [5.74, 6) is 0.00848. The highest BCUT2D eigenvalue weighted by Gasteiger charge is 2.30. The molecule has 2 amide bonds. The molecule has 0 radical (unpaired) electrons. The number of pyridine rings is 1. The minimum Gasteiger partial charge on any atom is -0.486 e. The fourth-order valence-electron chi connectivity index (χ4n) is 4.33. The second-order valence-corrected chi connectivity index (χ2v) is 9.75. The zero-order chi connectivity index (χ0) is 25.7. The van der Waals surface area contributed by atoms with Crippen molar-refractivity contribution in [1.82, 2.24) is 14.8 Å². The van der Waals surface area contributed by atoms with Crippen LogP contribution in [0.3, 0.4) is 0 Å². The van der Waals surface area contributed by atoms with Gasteiger partial charge in [-0.3, -0.25) is 19.5 Å². The number of carbonyl (C=O) groups is 2. The first-order valence-corrected chi connectivity index (χ1v) is 12.4. The summed E-state index contributed by atoms with van der Waals surface area (Å²) in [4.78, 5) is 34.3. The Bertz CT molecular complexity index is 1200. The van der Waals surface area contributed by atoms with Gasteiger partial charge in [0.2, 0.25) is 0 Å². The molecule has 0 fully saturated rings. The molecule has 3 aromatic rings. The van der Waals surface area contributed by atoms with E-state index >= 15 is 0 Å². The predicted octanol–water partition coefficient (Wildman–Crippen LogP) is 5.12. The van der Waals surface area contributed by atoms with Gasteiger partial charge in [0.1, 0.15) is 6.10 Å². The molecule has 1 aliphatic rings. The Balaban J connectivity index is 1.60. The summed E-state index contributed by atoms with van der Waals surface area (Å²) >= 11 is 6.03. The van der Waals surface area contributed by atoms with Crippen molar-refractivity contribution in [1.29, 1.82) is 0 Å². The van der Waals surface area contributed by atoms with Crippen LogP contribution in [0.5, 0.6) is 5.75 Å². The summed E-state index contributed by atoms with van der Waals surface area (Å²) in [5.41, 5.74) is 2.54. The molecule has 1 aromatic heterocycles. The summed E-state index contributed by atoms with van der Waals surface area (Å²) in [7, 11) is 2.04. The SMILES string of the molecule is CC(C)N1CC[C@@H](CN(C)Cc2ccc(Cl)cc2)Oc2c(NC(=O)c3ccncc3)cccc2C1=O. The Morgan fingerprint density at radius 2 is 1.89 bits per heavy atom. The Kier molecular flexibility index (Phi) is 8.23. The summed E-state index contributed by atoms with van der Waals surface area (Å²) in [6.45, 7) is 5.99. The highest BCUT2D eigenvalue weighted by Crippen LogP contribution is 2.34. The van der Waals surface area contributed by atoms with Gasteiger partial charge in [0.15, 0.2) is 5.75 Å².